The first-order valence-electron chi connectivity index (χ1n) is 3.20. The molecule has 0 aromatic heterocycles. The van der Waals surface area contributed by atoms with E-state index in [0.29, 0.717) is 11.3 Å². The Bertz CT molecular complexity index is 187. The third-order valence-electron chi connectivity index (χ3n) is 1.27. The lowest BCUT2D eigenvalue weighted by atomic mass is 10.4. The van der Waals surface area contributed by atoms with Crippen molar-refractivity contribution in [2.45, 2.75) is 11.8 Å². The third kappa shape index (κ3) is 2.77. The van der Waals surface area contributed by atoms with Gasteiger partial charge in [-0.25, -0.2) is 0 Å². The number of allylic oxidation sites excluding steroid dienone is 2. The van der Waals surface area contributed by atoms with E-state index in [1.54, 1.807) is 0 Å². The number of halogens is 2. The topological polar surface area (TPSA) is 0 Å². The zero-order chi connectivity index (χ0) is 7.40. The lowest BCUT2D eigenvalue weighted by molar-refractivity contribution is 1.18. The van der Waals surface area contributed by atoms with Gasteiger partial charge in [0.1, 0.15) is 0 Å². The van der Waals surface area contributed by atoms with Crippen molar-refractivity contribution in [3.05, 3.63) is 12.2 Å². The second-order valence-corrected chi connectivity index (χ2v) is 3.41. The molecule has 2 heteroatoms. The molecular formula is C8H8BrCl. The summed E-state index contributed by atoms with van der Waals surface area (Å²) in [5.41, 5.74) is 0. The minimum absolute atomic E-state index is 0.324. The summed E-state index contributed by atoms with van der Waals surface area (Å²) in [6.45, 7) is 0. The number of hydrogen-bond donors (Lipinski definition) is 0. The monoisotopic (exact) mass is 218 g/mol. The van der Waals surface area contributed by atoms with Gasteiger partial charge in [-0.1, -0.05) is 33.8 Å². The van der Waals surface area contributed by atoms with E-state index in [2.05, 4.69) is 27.8 Å². The van der Waals surface area contributed by atoms with Crippen LogP contribution < -0.4 is 0 Å². The van der Waals surface area contributed by atoms with Crippen LogP contribution in [0, 0.1) is 17.8 Å². The van der Waals surface area contributed by atoms with Crippen LogP contribution in [0.15, 0.2) is 12.2 Å². The fraction of sp³-hybridized carbons (Fsp3) is 0.500. The fourth-order valence-electron chi connectivity index (χ4n) is 0.572. The van der Waals surface area contributed by atoms with Crippen LogP contribution in [0.1, 0.15) is 6.42 Å². The Balaban J connectivity index is 2.20. The summed E-state index contributed by atoms with van der Waals surface area (Å²) >= 11 is 8.99. The first kappa shape index (κ1) is 8.17. The molecule has 1 saturated carbocycles. The highest BCUT2D eigenvalue weighted by Crippen LogP contribution is 2.34. The number of hydrogen-bond acceptors (Lipinski definition) is 0. The molecule has 1 rings (SSSR count). The average Bonchev–Trinajstić information content (AvgIpc) is 2.60. The lowest BCUT2D eigenvalue weighted by Crippen LogP contribution is -1.69. The first-order chi connectivity index (χ1) is 4.84. The van der Waals surface area contributed by atoms with Crippen LogP contribution in [-0.2, 0) is 0 Å². The van der Waals surface area contributed by atoms with Crippen LogP contribution in [0.4, 0.5) is 0 Å². The van der Waals surface area contributed by atoms with E-state index in [-0.39, 0.29) is 0 Å². The Morgan fingerprint density at radius 2 is 2.40 bits per heavy atom. The van der Waals surface area contributed by atoms with Gasteiger partial charge in [0, 0.05) is 16.6 Å². The Kier molecular flexibility index (Phi) is 3.31. The third-order valence-corrected chi connectivity index (χ3v) is 2.13. The van der Waals surface area contributed by atoms with Crippen molar-refractivity contribution in [2.24, 2.45) is 5.92 Å². The molecule has 54 valence electrons. The summed E-state index contributed by atoms with van der Waals surface area (Å²) in [5, 5.41) is 1.20. The Hall–Kier alpha value is 0.0700. The predicted molar refractivity (Wildman–Crippen MR) is 48.5 cm³/mol. The van der Waals surface area contributed by atoms with Gasteiger partial charge in [0.05, 0.1) is 0 Å². The molecule has 2 atom stereocenters. The van der Waals surface area contributed by atoms with Crippen molar-refractivity contribution < 1.29 is 0 Å². The maximum Gasteiger partial charge on any atom is 0.0486 e. The molecule has 1 aliphatic rings. The van der Waals surface area contributed by atoms with Crippen LogP contribution in [-0.4, -0.2) is 10.7 Å². The lowest BCUT2D eigenvalue weighted by Gasteiger charge is -1.72. The van der Waals surface area contributed by atoms with Crippen molar-refractivity contribution in [3.63, 3.8) is 0 Å². The summed E-state index contributed by atoms with van der Waals surface area (Å²) in [4.78, 5) is 0. The quantitative estimate of drug-likeness (QED) is 0.470. The second-order valence-electron chi connectivity index (χ2n) is 2.20. The average molecular weight is 220 g/mol. The maximum absolute atomic E-state index is 5.73. The highest BCUT2D eigenvalue weighted by molar-refractivity contribution is 9.09. The molecule has 0 nitrogen and oxygen atoms in total. The zero-order valence-electron chi connectivity index (χ0n) is 5.48. The molecule has 0 bridgehead atoms. The van der Waals surface area contributed by atoms with Gasteiger partial charge in [0.25, 0.3) is 0 Å². The van der Waals surface area contributed by atoms with Crippen molar-refractivity contribution in [3.8, 4) is 11.8 Å². The molecule has 10 heavy (non-hydrogen) atoms. The van der Waals surface area contributed by atoms with Gasteiger partial charge in [-0.15, -0.1) is 11.6 Å². The number of alkyl halides is 2. The molecule has 1 aliphatic carbocycles. The van der Waals surface area contributed by atoms with Crippen LogP contribution in [0.3, 0.4) is 0 Å². The molecular weight excluding hydrogens is 211 g/mol. The standard InChI is InChI=1S/C8H8BrCl/c9-5-3-1-2-4-7-6-8(7)10/h1,3,7-8H,5-6H2/b3-1+/t7-,8-/m1/s1. The summed E-state index contributed by atoms with van der Waals surface area (Å²) < 4.78 is 0. The predicted octanol–water partition coefficient (Wildman–Crippen LogP) is 2.57. The smallest absolute Gasteiger partial charge is 0.0486 e. The summed E-state index contributed by atoms with van der Waals surface area (Å²) in [6.07, 6.45) is 4.89. The molecule has 0 N–H and O–H groups in total. The zero-order valence-corrected chi connectivity index (χ0v) is 7.82. The molecule has 0 aromatic rings. The largest absolute Gasteiger partial charge is 0.122 e. The van der Waals surface area contributed by atoms with E-state index in [4.69, 9.17) is 11.6 Å². The van der Waals surface area contributed by atoms with Crippen molar-refractivity contribution in [1.82, 2.24) is 0 Å². The van der Waals surface area contributed by atoms with E-state index in [1.807, 2.05) is 12.2 Å². The molecule has 0 spiro atoms. The Morgan fingerprint density at radius 3 is 2.90 bits per heavy atom. The van der Waals surface area contributed by atoms with Crippen molar-refractivity contribution >= 4 is 27.5 Å². The van der Waals surface area contributed by atoms with E-state index in [0.717, 1.165) is 11.8 Å². The molecule has 0 heterocycles. The summed E-state index contributed by atoms with van der Waals surface area (Å²) in [7, 11) is 0. The molecule has 0 amide bonds. The minimum atomic E-state index is 0.324. The van der Waals surface area contributed by atoms with Gasteiger partial charge >= 0.3 is 0 Å². The van der Waals surface area contributed by atoms with E-state index in [9.17, 15) is 0 Å². The Labute approximate surface area is 74.8 Å². The second kappa shape index (κ2) is 4.05. The summed E-state index contributed by atoms with van der Waals surface area (Å²) in [6, 6.07) is 0. The SMILES string of the molecule is Cl[C@@H]1C[C@H]1C#C/C=C/CBr. The normalized spacial score (nSPS) is 29.8. The Morgan fingerprint density at radius 1 is 1.70 bits per heavy atom. The van der Waals surface area contributed by atoms with Crippen molar-refractivity contribution in [1.29, 1.82) is 0 Å². The molecule has 0 unspecified atom stereocenters. The molecule has 0 radical (unpaired) electrons. The summed E-state index contributed by atoms with van der Waals surface area (Å²) in [5.74, 6) is 6.45. The molecule has 0 aromatic carbocycles. The van der Waals surface area contributed by atoms with Gasteiger partial charge in [-0.05, 0) is 12.5 Å². The van der Waals surface area contributed by atoms with Gasteiger partial charge < -0.3 is 0 Å². The van der Waals surface area contributed by atoms with E-state index in [1.165, 1.54) is 0 Å². The van der Waals surface area contributed by atoms with Gasteiger partial charge in [-0.2, -0.15) is 0 Å². The van der Waals surface area contributed by atoms with E-state index < -0.39 is 0 Å². The van der Waals surface area contributed by atoms with E-state index >= 15 is 0 Å². The van der Waals surface area contributed by atoms with Gasteiger partial charge in [-0.3, -0.25) is 0 Å². The van der Waals surface area contributed by atoms with Crippen LogP contribution in [0.25, 0.3) is 0 Å². The molecule has 0 aliphatic heterocycles. The first-order valence-corrected chi connectivity index (χ1v) is 4.76. The van der Waals surface area contributed by atoms with Crippen LogP contribution in [0.2, 0.25) is 0 Å². The minimum Gasteiger partial charge on any atom is -0.122 e. The highest BCUT2D eigenvalue weighted by Gasteiger charge is 2.33. The fourth-order valence-corrected chi connectivity index (χ4v) is 1.01. The van der Waals surface area contributed by atoms with Gasteiger partial charge in [0.2, 0.25) is 0 Å². The molecule has 1 fully saturated rings. The van der Waals surface area contributed by atoms with Crippen molar-refractivity contribution in [2.75, 3.05) is 5.33 Å². The van der Waals surface area contributed by atoms with Crippen LogP contribution in [0.5, 0.6) is 0 Å². The maximum atomic E-state index is 5.73. The highest BCUT2D eigenvalue weighted by atomic mass is 79.9. The van der Waals surface area contributed by atoms with Gasteiger partial charge in [0.15, 0.2) is 0 Å². The molecule has 0 saturated heterocycles. The van der Waals surface area contributed by atoms with Crippen LogP contribution >= 0.6 is 27.5 Å². The number of rotatable bonds is 1.